The lowest BCUT2D eigenvalue weighted by molar-refractivity contribution is 0.373. The van der Waals surface area contributed by atoms with Crippen LogP contribution in [-0.4, -0.2) is 14.5 Å². The molecule has 0 fully saturated rings. The van der Waals surface area contributed by atoms with Crippen molar-refractivity contribution < 1.29 is 4.52 Å². The van der Waals surface area contributed by atoms with Gasteiger partial charge < -0.3 is 4.52 Å². The maximum atomic E-state index is 12.2. The van der Waals surface area contributed by atoms with E-state index in [2.05, 4.69) is 9.97 Å². The highest BCUT2D eigenvalue weighted by Crippen LogP contribution is 2.19. The van der Waals surface area contributed by atoms with Crippen molar-refractivity contribution >= 4 is 5.78 Å². The van der Waals surface area contributed by atoms with E-state index in [1.807, 2.05) is 60.7 Å². The quantitative estimate of drug-likeness (QED) is 0.569. The molecule has 0 saturated heterocycles. The van der Waals surface area contributed by atoms with Crippen LogP contribution in [0.25, 0.3) is 28.5 Å². The fraction of sp³-hybridized carbons (Fsp3) is 0. The largest absolute Gasteiger partial charge is 0.347 e. The van der Waals surface area contributed by atoms with E-state index in [0.29, 0.717) is 11.6 Å². The van der Waals surface area contributed by atoms with E-state index < -0.39 is 0 Å². The molecule has 5 heteroatoms. The highest BCUT2D eigenvalue weighted by atomic mass is 16.5. The van der Waals surface area contributed by atoms with Gasteiger partial charge in [0.15, 0.2) is 0 Å². The first-order valence-electron chi connectivity index (χ1n) is 6.83. The van der Waals surface area contributed by atoms with Crippen LogP contribution in [0.15, 0.2) is 76.0 Å². The Morgan fingerprint density at radius 2 is 1.45 bits per heavy atom. The zero-order chi connectivity index (χ0) is 14.9. The van der Waals surface area contributed by atoms with Gasteiger partial charge >= 0.3 is 0 Å². The molecule has 0 aliphatic rings. The Morgan fingerprint density at radius 1 is 0.818 bits per heavy atom. The summed E-state index contributed by atoms with van der Waals surface area (Å²) in [4.78, 5) is 20.9. The van der Waals surface area contributed by atoms with Crippen LogP contribution < -0.4 is 5.56 Å². The molecule has 0 bridgehead atoms. The average molecular weight is 289 g/mol. The molecular weight excluding hydrogens is 278 g/mol. The Morgan fingerprint density at radius 3 is 2.14 bits per heavy atom. The van der Waals surface area contributed by atoms with E-state index in [1.165, 1.54) is 6.07 Å². The zero-order valence-corrected chi connectivity index (χ0v) is 11.5. The topological polar surface area (TPSA) is 60.4 Å². The third-order valence-electron chi connectivity index (χ3n) is 3.33. The molecule has 0 amide bonds. The normalized spacial score (nSPS) is 10.9. The lowest BCUT2D eigenvalue weighted by Gasteiger charge is -1.98. The third-order valence-corrected chi connectivity index (χ3v) is 3.33. The first-order chi connectivity index (χ1) is 10.8. The first-order valence-corrected chi connectivity index (χ1v) is 6.83. The van der Waals surface area contributed by atoms with Crippen LogP contribution in [0.3, 0.4) is 0 Å². The van der Waals surface area contributed by atoms with Crippen molar-refractivity contribution in [2.45, 2.75) is 0 Å². The van der Waals surface area contributed by atoms with Gasteiger partial charge in [-0.3, -0.25) is 4.79 Å². The highest BCUT2D eigenvalue weighted by molar-refractivity contribution is 5.61. The molecule has 22 heavy (non-hydrogen) atoms. The lowest BCUT2D eigenvalue weighted by atomic mass is 10.1. The Bertz CT molecular complexity index is 989. The number of benzene rings is 2. The summed E-state index contributed by atoms with van der Waals surface area (Å²) < 4.78 is 6.61. The molecule has 0 aliphatic carbocycles. The summed E-state index contributed by atoms with van der Waals surface area (Å²) >= 11 is 0. The van der Waals surface area contributed by atoms with Gasteiger partial charge in [0.2, 0.25) is 0 Å². The number of nitrogens with zero attached hydrogens (tertiary/aromatic N) is 3. The SMILES string of the molecule is O=c1cc(-c2ccccc2)nc2nc(-c3ccccc3)on12. The molecule has 2 heterocycles. The van der Waals surface area contributed by atoms with E-state index in [4.69, 9.17) is 4.52 Å². The van der Waals surface area contributed by atoms with E-state index in [9.17, 15) is 4.79 Å². The van der Waals surface area contributed by atoms with Crippen molar-refractivity contribution in [1.82, 2.24) is 14.5 Å². The van der Waals surface area contributed by atoms with Crippen molar-refractivity contribution in [3.63, 3.8) is 0 Å². The summed E-state index contributed by atoms with van der Waals surface area (Å²) in [6.45, 7) is 0. The molecule has 2 aromatic heterocycles. The van der Waals surface area contributed by atoms with Crippen LogP contribution in [0, 0.1) is 0 Å². The number of hydrogen-bond acceptors (Lipinski definition) is 4. The third kappa shape index (κ3) is 2.09. The second-order valence-corrected chi connectivity index (χ2v) is 4.81. The van der Waals surface area contributed by atoms with Gasteiger partial charge in [-0.15, -0.1) is 0 Å². The summed E-state index contributed by atoms with van der Waals surface area (Å²) in [6.07, 6.45) is 0. The Kier molecular flexibility index (Phi) is 2.83. The molecule has 4 rings (SSSR count). The number of fused-ring (bicyclic) bond motifs is 1. The van der Waals surface area contributed by atoms with Gasteiger partial charge in [-0.1, -0.05) is 53.1 Å². The maximum Gasteiger partial charge on any atom is 0.289 e. The molecule has 2 aromatic carbocycles. The molecule has 5 nitrogen and oxygen atoms in total. The summed E-state index contributed by atoms with van der Waals surface area (Å²) in [6, 6.07) is 20.4. The molecule has 106 valence electrons. The van der Waals surface area contributed by atoms with Crippen LogP contribution >= 0.6 is 0 Å². The molecule has 0 N–H and O–H groups in total. The molecule has 0 spiro atoms. The average Bonchev–Trinajstić information content (AvgIpc) is 3.01. The molecule has 0 aliphatic heterocycles. The molecule has 0 radical (unpaired) electrons. The van der Waals surface area contributed by atoms with Gasteiger partial charge in [-0.25, -0.2) is 4.98 Å². The Labute approximate surface area is 125 Å². The molecule has 0 atom stereocenters. The second-order valence-electron chi connectivity index (χ2n) is 4.81. The maximum absolute atomic E-state index is 12.2. The zero-order valence-electron chi connectivity index (χ0n) is 11.5. The van der Waals surface area contributed by atoms with Crippen molar-refractivity contribution in [3.8, 4) is 22.7 Å². The van der Waals surface area contributed by atoms with Crippen molar-refractivity contribution in [2.24, 2.45) is 0 Å². The standard InChI is InChI=1S/C17H11N3O2/c21-15-11-14(12-7-3-1-4-8-12)18-17-19-16(22-20(15)17)13-9-5-2-6-10-13/h1-11H. The smallest absolute Gasteiger partial charge is 0.289 e. The van der Waals surface area contributed by atoms with Gasteiger partial charge in [-0.05, 0) is 12.1 Å². The predicted molar refractivity (Wildman–Crippen MR) is 82.4 cm³/mol. The molecule has 0 unspecified atom stereocenters. The first kappa shape index (κ1) is 12.5. The summed E-state index contributed by atoms with van der Waals surface area (Å²) in [5.74, 6) is 0.626. The van der Waals surface area contributed by atoms with Gasteiger partial charge in [0.05, 0.1) is 5.69 Å². The minimum Gasteiger partial charge on any atom is -0.347 e. The monoisotopic (exact) mass is 289 g/mol. The van der Waals surface area contributed by atoms with Crippen LogP contribution in [0.2, 0.25) is 0 Å². The highest BCUT2D eigenvalue weighted by Gasteiger charge is 2.12. The van der Waals surface area contributed by atoms with Crippen LogP contribution in [0.4, 0.5) is 0 Å². The van der Waals surface area contributed by atoms with Crippen LogP contribution in [0.5, 0.6) is 0 Å². The predicted octanol–water partition coefficient (Wildman–Crippen LogP) is 3.02. The van der Waals surface area contributed by atoms with Gasteiger partial charge in [0, 0.05) is 17.2 Å². The van der Waals surface area contributed by atoms with Crippen LogP contribution in [-0.2, 0) is 0 Å². The Hall–Kier alpha value is -3.21. The number of aromatic nitrogens is 3. The van der Waals surface area contributed by atoms with Crippen LogP contribution in [0.1, 0.15) is 0 Å². The summed E-state index contributed by atoms with van der Waals surface area (Å²) in [5, 5.41) is 0. The second kappa shape index (κ2) is 4.96. The van der Waals surface area contributed by atoms with E-state index in [1.54, 1.807) is 0 Å². The van der Waals surface area contributed by atoms with Crippen molar-refractivity contribution in [1.29, 1.82) is 0 Å². The molecular formula is C17H11N3O2. The summed E-state index contributed by atoms with van der Waals surface area (Å²) in [5.41, 5.74) is 1.96. The fourth-order valence-corrected chi connectivity index (χ4v) is 2.27. The lowest BCUT2D eigenvalue weighted by Crippen LogP contribution is -2.12. The minimum absolute atomic E-state index is 0.255. The van der Waals surface area contributed by atoms with Crippen molar-refractivity contribution in [3.05, 3.63) is 77.1 Å². The number of hydrogen-bond donors (Lipinski definition) is 0. The number of rotatable bonds is 2. The van der Waals surface area contributed by atoms with Crippen molar-refractivity contribution in [2.75, 3.05) is 0 Å². The fourth-order valence-electron chi connectivity index (χ4n) is 2.27. The van der Waals surface area contributed by atoms with E-state index in [0.717, 1.165) is 15.7 Å². The Balaban J connectivity index is 1.91. The minimum atomic E-state index is -0.293. The van der Waals surface area contributed by atoms with E-state index >= 15 is 0 Å². The van der Waals surface area contributed by atoms with Gasteiger partial charge in [-0.2, -0.15) is 4.98 Å². The molecule has 0 saturated carbocycles. The van der Waals surface area contributed by atoms with Gasteiger partial charge in [0.1, 0.15) is 0 Å². The van der Waals surface area contributed by atoms with Gasteiger partial charge in [0.25, 0.3) is 17.2 Å². The molecule has 4 aromatic rings. The van der Waals surface area contributed by atoms with E-state index in [-0.39, 0.29) is 11.3 Å². The summed E-state index contributed by atoms with van der Waals surface area (Å²) in [7, 11) is 0.